The van der Waals surface area contributed by atoms with E-state index >= 15 is 0 Å². The van der Waals surface area contributed by atoms with Gasteiger partial charge in [0.2, 0.25) is 10.0 Å². The minimum Gasteiger partial charge on any atom is -0.371 e. The molecular formula is C22H31N3O4S. The minimum absolute atomic E-state index is 0.106. The number of ether oxygens (including phenoxy) is 1. The van der Waals surface area contributed by atoms with Crippen molar-refractivity contribution in [3.8, 4) is 0 Å². The summed E-state index contributed by atoms with van der Waals surface area (Å²) >= 11 is 0. The topological polar surface area (TPSA) is 87.7 Å². The summed E-state index contributed by atoms with van der Waals surface area (Å²) in [5, 5.41) is 5.52. The Bertz CT molecular complexity index is 966. The Morgan fingerprint density at radius 3 is 2.27 bits per heavy atom. The maximum absolute atomic E-state index is 12.4. The number of hydrogen-bond acceptors (Lipinski definition) is 4. The van der Waals surface area contributed by atoms with Crippen LogP contribution in [0.2, 0.25) is 0 Å². The lowest BCUT2D eigenvalue weighted by Gasteiger charge is -2.19. The maximum atomic E-state index is 12.4. The van der Waals surface area contributed by atoms with E-state index in [0.717, 1.165) is 15.4 Å². The Balaban J connectivity index is 1.93. The predicted octanol–water partition coefficient (Wildman–Crippen LogP) is 3.25. The lowest BCUT2D eigenvalue weighted by atomic mass is 10.1. The Labute approximate surface area is 179 Å². The third-order valence-corrected chi connectivity index (χ3v) is 6.20. The summed E-state index contributed by atoms with van der Waals surface area (Å²) in [6.07, 6.45) is 0. The molecule has 0 saturated carbocycles. The molecule has 0 fully saturated rings. The van der Waals surface area contributed by atoms with Gasteiger partial charge in [0.05, 0.1) is 17.1 Å². The number of hydrogen-bond donors (Lipinski definition) is 2. The van der Waals surface area contributed by atoms with Gasteiger partial charge in [0.25, 0.3) is 0 Å². The second-order valence-electron chi connectivity index (χ2n) is 8.15. The van der Waals surface area contributed by atoms with Gasteiger partial charge in [-0.05, 0) is 43.5 Å². The van der Waals surface area contributed by atoms with Gasteiger partial charge >= 0.3 is 6.03 Å². The van der Waals surface area contributed by atoms with Crippen LogP contribution in [0.1, 0.15) is 37.5 Å². The number of benzene rings is 2. The summed E-state index contributed by atoms with van der Waals surface area (Å²) in [6.45, 7) is 6.97. The average molecular weight is 434 g/mol. The molecule has 8 heteroatoms. The molecule has 0 bridgehead atoms. The van der Waals surface area contributed by atoms with E-state index in [1.807, 2.05) is 45.0 Å². The van der Waals surface area contributed by atoms with E-state index in [9.17, 15) is 13.2 Å². The van der Waals surface area contributed by atoms with Gasteiger partial charge < -0.3 is 15.4 Å². The summed E-state index contributed by atoms with van der Waals surface area (Å²) in [7, 11) is -0.624. The van der Waals surface area contributed by atoms with Crippen molar-refractivity contribution in [2.45, 2.75) is 51.0 Å². The largest absolute Gasteiger partial charge is 0.371 e. The van der Waals surface area contributed by atoms with Gasteiger partial charge in [0.15, 0.2) is 0 Å². The number of urea groups is 1. The highest BCUT2D eigenvalue weighted by Crippen LogP contribution is 2.18. The fraction of sp³-hybridized carbons (Fsp3) is 0.409. The number of nitrogens with one attached hydrogen (secondary N) is 2. The van der Waals surface area contributed by atoms with Crippen LogP contribution in [-0.4, -0.2) is 38.5 Å². The second kappa shape index (κ2) is 10.1. The van der Waals surface area contributed by atoms with Crippen molar-refractivity contribution in [2.24, 2.45) is 0 Å². The molecular weight excluding hydrogens is 402 g/mol. The highest BCUT2D eigenvalue weighted by Gasteiger charge is 2.20. The highest BCUT2D eigenvalue weighted by molar-refractivity contribution is 7.89. The fourth-order valence-electron chi connectivity index (χ4n) is 2.65. The smallest absolute Gasteiger partial charge is 0.315 e. The van der Waals surface area contributed by atoms with Gasteiger partial charge in [0, 0.05) is 27.2 Å². The van der Waals surface area contributed by atoms with E-state index in [1.54, 1.807) is 18.2 Å². The van der Waals surface area contributed by atoms with Crippen LogP contribution in [0.25, 0.3) is 0 Å². The van der Waals surface area contributed by atoms with Crippen molar-refractivity contribution >= 4 is 16.1 Å². The third kappa shape index (κ3) is 7.12. The van der Waals surface area contributed by atoms with Crippen molar-refractivity contribution in [3.05, 3.63) is 65.2 Å². The van der Waals surface area contributed by atoms with E-state index in [1.165, 1.54) is 20.2 Å². The van der Waals surface area contributed by atoms with E-state index in [0.29, 0.717) is 18.7 Å². The summed E-state index contributed by atoms with van der Waals surface area (Å²) < 4.78 is 31.8. The molecule has 0 spiro atoms. The van der Waals surface area contributed by atoms with Crippen molar-refractivity contribution < 1.29 is 17.9 Å². The van der Waals surface area contributed by atoms with E-state index in [-0.39, 0.29) is 23.1 Å². The van der Waals surface area contributed by atoms with Crippen molar-refractivity contribution in [1.29, 1.82) is 0 Å². The molecule has 7 nitrogen and oxygen atoms in total. The quantitative estimate of drug-likeness (QED) is 0.669. The first kappa shape index (κ1) is 23.9. The van der Waals surface area contributed by atoms with Crippen LogP contribution in [0.15, 0.2) is 53.4 Å². The van der Waals surface area contributed by atoms with Gasteiger partial charge in [-0.25, -0.2) is 17.5 Å². The zero-order valence-corrected chi connectivity index (χ0v) is 19.0. The molecule has 0 aliphatic carbocycles. The molecule has 0 aliphatic heterocycles. The van der Waals surface area contributed by atoms with E-state index < -0.39 is 10.0 Å². The van der Waals surface area contributed by atoms with Gasteiger partial charge in [-0.3, -0.25) is 0 Å². The molecule has 164 valence electrons. The summed E-state index contributed by atoms with van der Waals surface area (Å²) in [5.74, 6) is 0. The van der Waals surface area contributed by atoms with Gasteiger partial charge in [-0.15, -0.1) is 0 Å². The number of rotatable bonds is 8. The van der Waals surface area contributed by atoms with Gasteiger partial charge in [0.1, 0.15) is 0 Å². The monoisotopic (exact) mass is 433 g/mol. The van der Waals surface area contributed by atoms with E-state index in [2.05, 4.69) is 10.6 Å². The molecule has 0 unspecified atom stereocenters. The number of carbonyl (C=O) groups excluding carboxylic acids is 1. The SMILES string of the molecule is CN(C)S(=O)(=O)c1ccccc1CNC(=O)NCc1cccc(COC(C)(C)C)c1. The van der Waals surface area contributed by atoms with Crippen LogP contribution in [0.4, 0.5) is 4.79 Å². The van der Waals surface area contributed by atoms with Gasteiger partial charge in [-0.2, -0.15) is 0 Å². The summed E-state index contributed by atoms with van der Waals surface area (Å²) in [6, 6.07) is 14.1. The Hall–Kier alpha value is -2.42. The summed E-state index contributed by atoms with van der Waals surface area (Å²) in [4.78, 5) is 12.4. The first-order chi connectivity index (χ1) is 14.0. The van der Waals surface area contributed by atoms with Crippen LogP contribution >= 0.6 is 0 Å². The molecule has 0 heterocycles. The molecule has 0 saturated heterocycles. The van der Waals surface area contributed by atoms with Crippen LogP contribution in [0.5, 0.6) is 0 Å². The van der Waals surface area contributed by atoms with Crippen LogP contribution in [-0.2, 0) is 34.5 Å². The number of nitrogens with zero attached hydrogens (tertiary/aromatic N) is 1. The fourth-order valence-corrected chi connectivity index (χ4v) is 3.76. The Morgan fingerprint density at radius 1 is 0.967 bits per heavy atom. The molecule has 2 N–H and O–H groups in total. The van der Waals surface area contributed by atoms with Crippen molar-refractivity contribution in [1.82, 2.24) is 14.9 Å². The van der Waals surface area contributed by atoms with Gasteiger partial charge in [-0.1, -0.05) is 42.5 Å². The molecule has 0 aliphatic rings. The van der Waals surface area contributed by atoms with Crippen LogP contribution in [0, 0.1) is 0 Å². The minimum atomic E-state index is -3.58. The average Bonchev–Trinajstić information content (AvgIpc) is 2.69. The molecule has 2 aromatic rings. The molecule has 2 rings (SSSR count). The standard InChI is InChI=1S/C22H31N3O4S/c1-22(2,3)29-16-18-10-8-9-17(13-18)14-23-21(26)24-15-19-11-6-7-12-20(19)30(27,28)25(4)5/h6-13H,14-16H2,1-5H3,(H2,23,24,26). The third-order valence-electron chi connectivity index (χ3n) is 4.29. The molecule has 2 amide bonds. The van der Waals surface area contributed by atoms with Crippen LogP contribution < -0.4 is 10.6 Å². The molecule has 0 aromatic heterocycles. The highest BCUT2D eigenvalue weighted by atomic mass is 32.2. The number of sulfonamides is 1. The Morgan fingerprint density at radius 2 is 1.60 bits per heavy atom. The Kier molecular flexibility index (Phi) is 8.00. The molecule has 30 heavy (non-hydrogen) atoms. The second-order valence-corrected chi connectivity index (χ2v) is 10.3. The first-order valence-corrected chi connectivity index (χ1v) is 11.2. The predicted molar refractivity (Wildman–Crippen MR) is 117 cm³/mol. The van der Waals surface area contributed by atoms with Crippen molar-refractivity contribution in [3.63, 3.8) is 0 Å². The zero-order chi connectivity index (χ0) is 22.4. The van der Waals surface area contributed by atoms with E-state index in [4.69, 9.17) is 4.74 Å². The number of amides is 2. The summed E-state index contributed by atoms with van der Waals surface area (Å²) in [5.41, 5.74) is 2.30. The van der Waals surface area contributed by atoms with Crippen molar-refractivity contribution in [2.75, 3.05) is 14.1 Å². The normalized spacial score (nSPS) is 12.1. The lowest BCUT2D eigenvalue weighted by Crippen LogP contribution is -2.35. The number of carbonyl (C=O) groups is 1. The molecule has 0 atom stereocenters. The molecule has 2 aromatic carbocycles. The maximum Gasteiger partial charge on any atom is 0.315 e. The zero-order valence-electron chi connectivity index (χ0n) is 18.2. The first-order valence-electron chi connectivity index (χ1n) is 9.73. The van der Waals surface area contributed by atoms with Crippen LogP contribution in [0.3, 0.4) is 0 Å². The lowest BCUT2D eigenvalue weighted by molar-refractivity contribution is -0.0149. The molecule has 0 radical (unpaired) electrons.